The molecule has 0 aliphatic heterocycles. The standard InChI is InChI=1S/C18H16ClN3O2S/c1-10-9-12(19)5-8-14(10)21-18-22-17(20)16(25-18)15(23)11-3-6-13(24-2)7-4-11/h3-9H,20H2,1-2H3,(H,21,22). The van der Waals surface area contributed by atoms with Crippen LogP contribution in [-0.2, 0) is 0 Å². The highest BCUT2D eigenvalue weighted by atomic mass is 35.5. The third-order valence-electron chi connectivity index (χ3n) is 3.64. The van der Waals surface area contributed by atoms with Crippen molar-refractivity contribution in [2.45, 2.75) is 6.92 Å². The first kappa shape index (κ1) is 17.3. The lowest BCUT2D eigenvalue weighted by Crippen LogP contribution is -2.02. The summed E-state index contributed by atoms with van der Waals surface area (Å²) in [7, 11) is 1.58. The molecule has 0 unspecified atom stereocenters. The Bertz CT molecular complexity index is 923. The molecule has 3 N–H and O–H groups in total. The van der Waals surface area contributed by atoms with Crippen molar-refractivity contribution < 1.29 is 9.53 Å². The Morgan fingerprint density at radius 1 is 1.24 bits per heavy atom. The number of nitrogen functional groups attached to an aromatic ring is 1. The van der Waals surface area contributed by atoms with Crippen LogP contribution in [0, 0.1) is 6.92 Å². The topological polar surface area (TPSA) is 77.2 Å². The Morgan fingerprint density at radius 2 is 1.96 bits per heavy atom. The minimum Gasteiger partial charge on any atom is -0.497 e. The molecule has 0 atom stereocenters. The Kier molecular flexibility index (Phi) is 4.92. The first-order chi connectivity index (χ1) is 12.0. The number of hydrogen-bond acceptors (Lipinski definition) is 6. The molecule has 7 heteroatoms. The van der Waals surface area contributed by atoms with Gasteiger partial charge in [0, 0.05) is 16.3 Å². The minimum atomic E-state index is -0.168. The molecular weight excluding hydrogens is 358 g/mol. The van der Waals surface area contributed by atoms with Crippen LogP contribution in [0.2, 0.25) is 5.02 Å². The second-order valence-electron chi connectivity index (χ2n) is 5.38. The maximum atomic E-state index is 12.6. The molecule has 128 valence electrons. The van der Waals surface area contributed by atoms with Crippen LogP contribution in [0.1, 0.15) is 20.8 Å². The van der Waals surface area contributed by atoms with E-state index in [9.17, 15) is 4.79 Å². The van der Waals surface area contributed by atoms with Crippen molar-refractivity contribution >= 4 is 45.4 Å². The number of ether oxygens (including phenoxy) is 1. The van der Waals surface area contributed by atoms with Crippen LogP contribution < -0.4 is 15.8 Å². The predicted octanol–water partition coefficient (Wildman–Crippen LogP) is 4.67. The number of halogens is 1. The smallest absolute Gasteiger partial charge is 0.206 e. The fourth-order valence-electron chi connectivity index (χ4n) is 2.30. The van der Waals surface area contributed by atoms with E-state index < -0.39 is 0 Å². The van der Waals surface area contributed by atoms with Crippen molar-refractivity contribution in [3.8, 4) is 5.75 Å². The number of anilines is 3. The summed E-state index contributed by atoms with van der Waals surface area (Å²) in [4.78, 5) is 17.3. The van der Waals surface area contributed by atoms with Gasteiger partial charge in [0.05, 0.1) is 7.11 Å². The van der Waals surface area contributed by atoms with E-state index in [2.05, 4.69) is 10.3 Å². The lowest BCUT2D eigenvalue weighted by atomic mass is 10.1. The summed E-state index contributed by atoms with van der Waals surface area (Å²) in [5.41, 5.74) is 8.32. The zero-order valence-corrected chi connectivity index (χ0v) is 15.2. The normalized spacial score (nSPS) is 10.5. The number of benzene rings is 2. The summed E-state index contributed by atoms with van der Waals surface area (Å²) >= 11 is 7.19. The molecule has 0 amide bonds. The van der Waals surface area contributed by atoms with Crippen LogP contribution in [0.3, 0.4) is 0 Å². The molecule has 0 saturated carbocycles. The van der Waals surface area contributed by atoms with Gasteiger partial charge in [-0.1, -0.05) is 22.9 Å². The number of rotatable bonds is 5. The van der Waals surface area contributed by atoms with Crippen LogP contribution in [0.4, 0.5) is 16.6 Å². The van der Waals surface area contributed by atoms with E-state index >= 15 is 0 Å². The predicted molar refractivity (Wildman–Crippen MR) is 102 cm³/mol. The van der Waals surface area contributed by atoms with Gasteiger partial charge in [-0.25, -0.2) is 4.98 Å². The van der Waals surface area contributed by atoms with E-state index in [-0.39, 0.29) is 11.6 Å². The van der Waals surface area contributed by atoms with Gasteiger partial charge < -0.3 is 15.8 Å². The molecule has 0 radical (unpaired) electrons. The van der Waals surface area contributed by atoms with E-state index in [0.717, 1.165) is 11.3 Å². The van der Waals surface area contributed by atoms with Gasteiger partial charge >= 0.3 is 0 Å². The fraction of sp³-hybridized carbons (Fsp3) is 0.111. The first-order valence-electron chi connectivity index (χ1n) is 7.46. The van der Waals surface area contributed by atoms with Crippen molar-refractivity contribution in [1.82, 2.24) is 4.98 Å². The lowest BCUT2D eigenvalue weighted by molar-refractivity contribution is 0.104. The lowest BCUT2D eigenvalue weighted by Gasteiger charge is -2.06. The summed E-state index contributed by atoms with van der Waals surface area (Å²) in [6, 6.07) is 12.4. The van der Waals surface area contributed by atoms with E-state index in [1.54, 1.807) is 37.4 Å². The van der Waals surface area contributed by atoms with E-state index in [1.807, 2.05) is 19.1 Å². The summed E-state index contributed by atoms with van der Waals surface area (Å²) in [6.45, 7) is 1.94. The van der Waals surface area contributed by atoms with Crippen LogP contribution in [-0.4, -0.2) is 17.9 Å². The third kappa shape index (κ3) is 3.75. The second-order valence-corrected chi connectivity index (χ2v) is 6.81. The second kappa shape index (κ2) is 7.13. The van der Waals surface area contributed by atoms with Crippen molar-refractivity contribution in [3.63, 3.8) is 0 Å². The zero-order valence-electron chi connectivity index (χ0n) is 13.7. The maximum Gasteiger partial charge on any atom is 0.206 e. The Hall–Kier alpha value is -2.57. The van der Waals surface area contributed by atoms with Crippen LogP contribution in [0.5, 0.6) is 5.75 Å². The number of nitrogens with one attached hydrogen (secondary N) is 1. The molecule has 0 spiro atoms. The van der Waals surface area contributed by atoms with E-state index in [4.69, 9.17) is 22.1 Å². The van der Waals surface area contributed by atoms with Crippen molar-refractivity contribution in [1.29, 1.82) is 0 Å². The summed E-state index contributed by atoms with van der Waals surface area (Å²) in [6.07, 6.45) is 0. The molecular formula is C18H16ClN3O2S. The molecule has 0 fully saturated rings. The molecule has 3 rings (SSSR count). The first-order valence-corrected chi connectivity index (χ1v) is 8.65. The molecule has 1 heterocycles. The highest BCUT2D eigenvalue weighted by Gasteiger charge is 2.18. The number of methoxy groups -OCH3 is 1. The number of ketones is 1. The van der Waals surface area contributed by atoms with Gasteiger partial charge in [-0.2, -0.15) is 0 Å². The van der Waals surface area contributed by atoms with Gasteiger partial charge in [0.15, 0.2) is 5.13 Å². The number of thiazole rings is 1. The average molecular weight is 374 g/mol. The monoisotopic (exact) mass is 373 g/mol. The molecule has 0 aliphatic carbocycles. The molecule has 0 saturated heterocycles. The molecule has 1 aromatic heterocycles. The van der Waals surface area contributed by atoms with Gasteiger partial charge in [-0.3, -0.25) is 4.79 Å². The quantitative estimate of drug-likeness (QED) is 0.635. The fourth-order valence-corrected chi connectivity index (χ4v) is 3.39. The highest BCUT2D eigenvalue weighted by molar-refractivity contribution is 7.18. The highest BCUT2D eigenvalue weighted by Crippen LogP contribution is 2.31. The minimum absolute atomic E-state index is 0.168. The van der Waals surface area contributed by atoms with E-state index in [0.29, 0.717) is 26.3 Å². The number of aromatic nitrogens is 1. The van der Waals surface area contributed by atoms with Crippen molar-refractivity contribution in [2.75, 3.05) is 18.2 Å². The Labute approximate surface area is 154 Å². The summed E-state index contributed by atoms with van der Waals surface area (Å²) in [5.74, 6) is 0.730. The van der Waals surface area contributed by atoms with Crippen molar-refractivity contribution in [3.05, 3.63) is 63.5 Å². The molecule has 25 heavy (non-hydrogen) atoms. The molecule has 0 aliphatic rings. The third-order valence-corrected chi connectivity index (χ3v) is 4.86. The molecule has 0 bridgehead atoms. The largest absolute Gasteiger partial charge is 0.497 e. The Morgan fingerprint density at radius 3 is 2.60 bits per heavy atom. The molecule has 5 nitrogen and oxygen atoms in total. The summed E-state index contributed by atoms with van der Waals surface area (Å²) in [5, 5.41) is 4.40. The number of hydrogen-bond donors (Lipinski definition) is 2. The number of nitrogens with zero attached hydrogens (tertiary/aromatic N) is 1. The van der Waals surface area contributed by atoms with Gasteiger partial charge in [0.2, 0.25) is 5.78 Å². The van der Waals surface area contributed by atoms with Gasteiger partial charge in [0.1, 0.15) is 16.4 Å². The zero-order chi connectivity index (χ0) is 18.0. The SMILES string of the molecule is COc1ccc(C(=O)c2sc(Nc3ccc(Cl)cc3C)nc2N)cc1. The van der Waals surface area contributed by atoms with Crippen LogP contribution in [0.15, 0.2) is 42.5 Å². The summed E-state index contributed by atoms with van der Waals surface area (Å²) < 4.78 is 5.10. The van der Waals surface area contributed by atoms with Crippen LogP contribution in [0.25, 0.3) is 0 Å². The van der Waals surface area contributed by atoms with Gasteiger partial charge in [0.25, 0.3) is 0 Å². The maximum absolute atomic E-state index is 12.6. The van der Waals surface area contributed by atoms with Crippen molar-refractivity contribution in [2.24, 2.45) is 0 Å². The van der Waals surface area contributed by atoms with Gasteiger partial charge in [-0.15, -0.1) is 0 Å². The van der Waals surface area contributed by atoms with E-state index in [1.165, 1.54) is 11.3 Å². The molecule has 2 aromatic carbocycles. The number of carbonyl (C=O) groups excluding carboxylic acids is 1. The van der Waals surface area contributed by atoms with Crippen LogP contribution >= 0.6 is 22.9 Å². The number of nitrogens with two attached hydrogens (primary N) is 1. The number of carbonyl (C=O) groups is 1. The molecule has 3 aromatic rings. The van der Waals surface area contributed by atoms with Gasteiger partial charge in [-0.05, 0) is 55.0 Å². The number of aryl methyl sites for hydroxylation is 1. The Balaban J connectivity index is 1.85. The average Bonchev–Trinajstić information content (AvgIpc) is 2.97.